The molecule has 1 rings (SSSR count). The maximum atomic E-state index is 12.0. The Labute approximate surface area is 114 Å². The molecule has 0 aliphatic carbocycles. The van der Waals surface area contributed by atoms with Gasteiger partial charge in [-0.05, 0) is 31.7 Å². The molecule has 0 spiro atoms. The molecule has 0 unspecified atom stereocenters. The van der Waals surface area contributed by atoms with Crippen LogP contribution in [0, 0.1) is 0 Å². The van der Waals surface area contributed by atoms with E-state index in [1.54, 1.807) is 45.5 Å². The summed E-state index contributed by atoms with van der Waals surface area (Å²) in [5, 5.41) is 0.749. The minimum absolute atomic E-state index is 0. The van der Waals surface area contributed by atoms with Crippen molar-refractivity contribution in [3.05, 3.63) is 18.2 Å². The summed E-state index contributed by atoms with van der Waals surface area (Å²) in [6.45, 7) is 3.48. The molecule has 1 aromatic carbocycles. The molecule has 15 heavy (non-hydrogen) atoms. The van der Waals surface area contributed by atoms with E-state index in [9.17, 15) is 4.80 Å². The Bertz CT molecular complexity index is 323. The van der Waals surface area contributed by atoms with Gasteiger partial charge in [0.2, 0.25) is 0 Å². The second-order valence-corrected chi connectivity index (χ2v) is 7.14. The summed E-state index contributed by atoms with van der Waals surface area (Å²) in [7, 11) is 0.562. The first-order chi connectivity index (χ1) is 6.49. The van der Waals surface area contributed by atoms with E-state index in [1.165, 1.54) is 0 Å². The SMILES string of the molecule is COc1ccc(OC)c([Si](C)(C)[O-])c1.[Na+]. The van der Waals surface area contributed by atoms with E-state index in [0.29, 0.717) is 11.5 Å². The second kappa shape index (κ2) is 5.91. The molecule has 5 heteroatoms. The fourth-order valence-corrected chi connectivity index (χ4v) is 2.55. The van der Waals surface area contributed by atoms with Gasteiger partial charge in [0, 0.05) is 0 Å². The fourth-order valence-electron chi connectivity index (χ4n) is 1.28. The van der Waals surface area contributed by atoms with Crippen LogP contribution in [0.1, 0.15) is 0 Å². The first kappa shape index (κ1) is 15.0. The second-order valence-electron chi connectivity index (χ2n) is 3.58. The summed E-state index contributed by atoms with van der Waals surface area (Å²) in [4.78, 5) is 12.0. The molecule has 0 aliphatic rings. The van der Waals surface area contributed by atoms with E-state index < -0.39 is 8.32 Å². The molecular weight excluding hydrogens is 219 g/mol. The maximum absolute atomic E-state index is 12.0. The molecule has 0 saturated heterocycles. The molecule has 0 saturated carbocycles. The van der Waals surface area contributed by atoms with Crippen molar-refractivity contribution in [3.63, 3.8) is 0 Å². The van der Waals surface area contributed by atoms with Crippen LogP contribution in [0.15, 0.2) is 18.2 Å². The molecule has 0 fully saturated rings. The smallest absolute Gasteiger partial charge is 0.855 e. The summed E-state index contributed by atoms with van der Waals surface area (Å²) in [5.74, 6) is 1.37. The third-order valence-electron chi connectivity index (χ3n) is 2.06. The van der Waals surface area contributed by atoms with Crippen LogP contribution < -0.4 is 49.0 Å². The van der Waals surface area contributed by atoms with E-state index in [4.69, 9.17) is 9.47 Å². The minimum atomic E-state index is -2.60. The number of methoxy groups -OCH3 is 2. The van der Waals surface area contributed by atoms with Gasteiger partial charge >= 0.3 is 29.6 Å². The first-order valence-electron chi connectivity index (χ1n) is 4.42. The van der Waals surface area contributed by atoms with Crippen LogP contribution in [0.4, 0.5) is 0 Å². The Morgan fingerprint density at radius 2 is 1.73 bits per heavy atom. The quantitative estimate of drug-likeness (QED) is 0.542. The zero-order valence-corrected chi connectivity index (χ0v) is 13.0. The third kappa shape index (κ3) is 3.81. The predicted octanol–water partition coefficient (Wildman–Crippen LogP) is -2.52. The van der Waals surface area contributed by atoms with E-state index in [0.717, 1.165) is 5.19 Å². The van der Waals surface area contributed by atoms with Crippen LogP contribution in [0.5, 0.6) is 11.5 Å². The first-order valence-corrected chi connectivity index (χ1v) is 7.33. The van der Waals surface area contributed by atoms with Crippen LogP contribution in [0.2, 0.25) is 13.1 Å². The molecule has 0 radical (unpaired) electrons. The van der Waals surface area contributed by atoms with Crippen LogP contribution in [-0.2, 0) is 0 Å². The molecule has 0 aliphatic heterocycles. The number of hydrogen-bond donors (Lipinski definition) is 0. The van der Waals surface area contributed by atoms with Gasteiger partial charge in [-0.3, -0.25) is 0 Å². The predicted molar refractivity (Wildman–Crippen MR) is 56.7 cm³/mol. The Balaban J connectivity index is 0.00000196. The summed E-state index contributed by atoms with van der Waals surface area (Å²) >= 11 is 0. The summed E-state index contributed by atoms with van der Waals surface area (Å²) in [6.07, 6.45) is 0. The van der Waals surface area contributed by atoms with Crippen molar-refractivity contribution >= 4 is 13.5 Å². The fraction of sp³-hybridized carbons (Fsp3) is 0.400. The molecular formula is C10H15NaO3Si. The van der Waals surface area contributed by atoms with Crippen molar-refractivity contribution in [2.75, 3.05) is 14.2 Å². The van der Waals surface area contributed by atoms with Gasteiger partial charge in [-0.1, -0.05) is 13.1 Å². The van der Waals surface area contributed by atoms with Gasteiger partial charge in [-0.2, -0.15) is 0 Å². The van der Waals surface area contributed by atoms with Crippen LogP contribution >= 0.6 is 0 Å². The summed E-state index contributed by atoms with van der Waals surface area (Å²) in [5.41, 5.74) is 0. The molecule has 0 heterocycles. The number of ether oxygens (including phenoxy) is 2. The average molecular weight is 234 g/mol. The van der Waals surface area contributed by atoms with Crippen LogP contribution in [-0.4, -0.2) is 22.5 Å². The van der Waals surface area contributed by atoms with Gasteiger partial charge in [0.05, 0.1) is 14.2 Å². The van der Waals surface area contributed by atoms with Crippen molar-refractivity contribution in [2.24, 2.45) is 0 Å². The topological polar surface area (TPSA) is 41.5 Å². The zero-order chi connectivity index (χ0) is 10.8. The van der Waals surface area contributed by atoms with Crippen molar-refractivity contribution in [2.45, 2.75) is 13.1 Å². The van der Waals surface area contributed by atoms with E-state index in [-0.39, 0.29) is 29.6 Å². The Kier molecular flexibility index (Phi) is 5.91. The van der Waals surface area contributed by atoms with E-state index in [1.807, 2.05) is 0 Å². The van der Waals surface area contributed by atoms with E-state index in [2.05, 4.69) is 0 Å². The summed E-state index contributed by atoms with van der Waals surface area (Å²) < 4.78 is 10.2. The Hall–Kier alpha value is -0.00312. The van der Waals surface area contributed by atoms with Crippen LogP contribution in [0.3, 0.4) is 0 Å². The van der Waals surface area contributed by atoms with Gasteiger partial charge in [-0.25, -0.2) is 0 Å². The molecule has 0 aromatic heterocycles. The van der Waals surface area contributed by atoms with Crippen molar-refractivity contribution in [1.82, 2.24) is 0 Å². The number of rotatable bonds is 3. The third-order valence-corrected chi connectivity index (χ3v) is 3.74. The van der Waals surface area contributed by atoms with Crippen molar-refractivity contribution in [3.8, 4) is 11.5 Å². The molecule has 3 nitrogen and oxygen atoms in total. The zero-order valence-electron chi connectivity index (χ0n) is 9.96. The molecule has 1 aromatic rings. The molecule has 78 valence electrons. The molecule has 0 amide bonds. The number of benzene rings is 1. The normalized spacial score (nSPS) is 10.5. The maximum Gasteiger partial charge on any atom is 1.00 e. The van der Waals surface area contributed by atoms with Gasteiger partial charge in [0.15, 0.2) is 0 Å². The minimum Gasteiger partial charge on any atom is -0.855 e. The summed E-state index contributed by atoms with van der Waals surface area (Å²) in [6, 6.07) is 5.35. The van der Waals surface area contributed by atoms with Gasteiger partial charge in [0.25, 0.3) is 0 Å². The Morgan fingerprint density at radius 3 is 2.13 bits per heavy atom. The van der Waals surface area contributed by atoms with Gasteiger partial charge < -0.3 is 14.3 Å². The van der Waals surface area contributed by atoms with E-state index >= 15 is 0 Å². The monoisotopic (exact) mass is 234 g/mol. The van der Waals surface area contributed by atoms with Crippen molar-refractivity contribution in [1.29, 1.82) is 0 Å². The molecule has 0 bridgehead atoms. The van der Waals surface area contributed by atoms with Gasteiger partial charge in [0.1, 0.15) is 11.5 Å². The van der Waals surface area contributed by atoms with Gasteiger partial charge in [-0.15, -0.1) is 0 Å². The number of hydrogen-bond acceptors (Lipinski definition) is 3. The largest absolute Gasteiger partial charge is 1.00 e. The molecule has 0 atom stereocenters. The Morgan fingerprint density at radius 1 is 1.13 bits per heavy atom. The average Bonchev–Trinajstić information content (AvgIpc) is 2.15. The molecule has 0 N–H and O–H groups in total. The van der Waals surface area contributed by atoms with Crippen molar-refractivity contribution < 1.29 is 43.8 Å². The standard InChI is InChI=1S/C10H15O3Si.Na/c1-12-8-5-6-9(13-2)10(7-8)14(3,4)11;/h5-7H,1-4H3;/q-1;+1. The van der Waals surface area contributed by atoms with Crippen LogP contribution in [0.25, 0.3) is 0 Å².